The van der Waals surface area contributed by atoms with Crippen LogP contribution in [0, 0.1) is 0 Å². The van der Waals surface area contributed by atoms with E-state index in [1.807, 2.05) is 0 Å². The lowest BCUT2D eigenvalue weighted by Crippen LogP contribution is -2.40. The summed E-state index contributed by atoms with van der Waals surface area (Å²) < 4.78 is 5.42. The molecule has 0 spiro atoms. The number of amides is 1. The molecular formula is C8H16N2O2. The molecule has 0 saturated carbocycles. The van der Waals surface area contributed by atoms with Gasteiger partial charge in [-0.1, -0.05) is 0 Å². The Morgan fingerprint density at radius 1 is 1.75 bits per heavy atom. The Morgan fingerprint density at radius 2 is 2.50 bits per heavy atom. The number of carbonyl (C=O) groups excluding carboxylic acids is 1. The smallest absolute Gasteiger partial charge is 0.246 e. The molecule has 1 amide bonds. The summed E-state index contributed by atoms with van der Waals surface area (Å²) in [5, 5.41) is 3.20. The molecule has 4 nitrogen and oxygen atoms in total. The van der Waals surface area contributed by atoms with E-state index >= 15 is 0 Å². The van der Waals surface area contributed by atoms with Gasteiger partial charge in [-0.25, -0.2) is 0 Å². The van der Waals surface area contributed by atoms with Crippen LogP contribution in [0.2, 0.25) is 0 Å². The molecule has 1 saturated heterocycles. The number of ether oxygens (including phenoxy) is 1. The van der Waals surface area contributed by atoms with Crippen LogP contribution in [0.5, 0.6) is 0 Å². The van der Waals surface area contributed by atoms with Crippen LogP contribution in [0.25, 0.3) is 0 Å². The predicted molar refractivity (Wildman–Crippen MR) is 45.6 cm³/mol. The van der Waals surface area contributed by atoms with Gasteiger partial charge in [-0.3, -0.25) is 4.79 Å². The Bertz CT molecular complexity index is 155. The standard InChI is InChI=1S/C8H16N2O2/c1-6(8(9)11)12-7-3-2-4-10-5-7/h6-7,10H,2-5H2,1H3,(H2,9,11)/t6-,7-/m0/s1. The molecule has 0 aromatic rings. The Morgan fingerprint density at radius 3 is 3.00 bits per heavy atom. The van der Waals surface area contributed by atoms with E-state index in [-0.39, 0.29) is 12.0 Å². The van der Waals surface area contributed by atoms with E-state index in [1.165, 1.54) is 0 Å². The molecule has 4 heteroatoms. The van der Waals surface area contributed by atoms with Crippen LogP contribution in [0.1, 0.15) is 19.8 Å². The molecular weight excluding hydrogens is 156 g/mol. The van der Waals surface area contributed by atoms with E-state index in [2.05, 4.69) is 5.32 Å². The summed E-state index contributed by atoms with van der Waals surface area (Å²) in [6.45, 7) is 3.57. The maximum Gasteiger partial charge on any atom is 0.246 e. The van der Waals surface area contributed by atoms with E-state index in [9.17, 15) is 4.79 Å². The fourth-order valence-electron chi connectivity index (χ4n) is 1.29. The van der Waals surface area contributed by atoms with Crippen molar-refractivity contribution >= 4 is 5.91 Å². The molecule has 1 aliphatic heterocycles. The first kappa shape index (κ1) is 9.48. The van der Waals surface area contributed by atoms with Gasteiger partial charge in [0, 0.05) is 6.54 Å². The molecule has 0 aliphatic carbocycles. The van der Waals surface area contributed by atoms with Gasteiger partial charge in [0.1, 0.15) is 6.10 Å². The topological polar surface area (TPSA) is 64.3 Å². The zero-order valence-electron chi connectivity index (χ0n) is 7.38. The number of nitrogens with one attached hydrogen (secondary N) is 1. The number of piperidine rings is 1. The molecule has 0 unspecified atom stereocenters. The fourth-order valence-corrected chi connectivity index (χ4v) is 1.29. The van der Waals surface area contributed by atoms with Crippen molar-refractivity contribution in [2.75, 3.05) is 13.1 Å². The van der Waals surface area contributed by atoms with Gasteiger partial charge in [0.05, 0.1) is 6.10 Å². The molecule has 0 bridgehead atoms. The highest BCUT2D eigenvalue weighted by molar-refractivity contribution is 5.78. The number of hydrogen-bond donors (Lipinski definition) is 2. The summed E-state index contributed by atoms with van der Waals surface area (Å²) in [6.07, 6.45) is 1.82. The van der Waals surface area contributed by atoms with Crippen LogP contribution in [0.3, 0.4) is 0 Å². The second-order valence-electron chi connectivity index (χ2n) is 3.15. The highest BCUT2D eigenvalue weighted by Gasteiger charge is 2.18. The molecule has 0 aromatic heterocycles. The minimum atomic E-state index is -0.463. The number of hydrogen-bond acceptors (Lipinski definition) is 3. The summed E-state index contributed by atoms with van der Waals surface area (Å²) in [5.41, 5.74) is 5.07. The quantitative estimate of drug-likeness (QED) is 0.610. The van der Waals surface area contributed by atoms with Gasteiger partial charge in [-0.15, -0.1) is 0 Å². The Kier molecular flexibility index (Phi) is 3.49. The highest BCUT2D eigenvalue weighted by Crippen LogP contribution is 2.08. The van der Waals surface area contributed by atoms with E-state index in [0.29, 0.717) is 0 Å². The minimum absolute atomic E-state index is 0.154. The number of rotatable bonds is 3. The first-order valence-corrected chi connectivity index (χ1v) is 4.35. The minimum Gasteiger partial charge on any atom is -0.367 e. The van der Waals surface area contributed by atoms with E-state index in [1.54, 1.807) is 6.92 Å². The molecule has 70 valence electrons. The van der Waals surface area contributed by atoms with Crippen molar-refractivity contribution in [1.29, 1.82) is 0 Å². The van der Waals surface area contributed by atoms with E-state index in [4.69, 9.17) is 10.5 Å². The molecule has 2 atom stereocenters. The van der Waals surface area contributed by atoms with E-state index < -0.39 is 6.10 Å². The van der Waals surface area contributed by atoms with Crippen LogP contribution in [-0.4, -0.2) is 31.2 Å². The van der Waals surface area contributed by atoms with Gasteiger partial charge in [-0.2, -0.15) is 0 Å². The normalized spacial score (nSPS) is 26.6. The maximum atomic E-state index is 10.6. The number of primary amides is 1. The van der Waals surface area contributed by atoms with Crippen molar-refractivity contribution in [3.63, 3.8) is 0 Å². The molecule has 3 N–H and O–H groups in total. The van der Waals surface area contributed by atoms with Crippen molar-refractivity contribution in [2.45, 2.75) is 32.0 Å². The van der Waals surface area contributed by atoms with Gasteiger partial charge < -0.3 is 15.8 Å². The van der Waals surface area contributed by atoms with Crippen LogP contribution >= 0.6 is 0 Å². The van der Waals surface area contributed by atoms with Crippen LogP contribution in [0.15, 0.2) is 0 Å². The third-order valence-corrected chi connectivity index (χ3v) is 2.05. The average molecular weight is 172 g/mol. The summed E-state index contributed by atoms with van der Waals surface area (Å²) >= 11 is 0. The number of nitrogens with two attached hydrogens (primary N) is 1. The largest absolute Gasteiger partial charge is 0.367 e. The van der Waals surface area contributed by atoms with Crippen molar-refractivity contribution in [2.24, 2.45) is 5.73 Å². The number of carbonyl (C=O) groups is 1. The van der Waals surface area contributed by atoms with Gasteiger partial charge >= 0.3 is 0 Å². The molecule has 0 radical (unpaired) electrons. The predicted octanol–water partition coefficient (Wildman–Crippen LogP) is -0.371. The van der Waals surface area contributed by atoms with Crippen LogP contribution in [-0.2, 0) is 9.53 Å². The second-order valence-corrected chi connectivity index (χ2v) is 3.15. The van der Waals surface area contributed by atoms with Crippen molar-refractivity contribution in [1.82, 2.24) is 5.32 Å². The second kappa shape index (κ2) is 4.42. The lowest BCUT2D eigenvalue weighted by molar-refractivity contribution is -0.132. The van der Waals surface area contributed by atoms with Gasteiger partial charge in [0.25, 0.3) is 0 Å². The molecule has 1 fully saturated rings. The lowest BCUT2D eigenvalue weighted by Gasteiger charge is -2.25. The van der Waals surface area contributed by atoms with Crippen LogP contribution in [0.4, 0.5) is 0 Å². The summed E-state index contributed by atoms with van der Waals surface area (Å²) in [6, 6.07) is 0. The Labute approximate surface area is 72.5 Å². The molecule has 12 heavy (non-hydrogen) atoms. The van der Waals surface area contributed by atoms with Crippen molar-refractivity contribution in [3.8, 4) is 0 Å². The lowest BCUT2D eigenvalue weighted by atomic mass is 10.1. The van der Waals surface area contributed by atoms with Gasteiger partial charge in [-0.05, 0) is 26.3 Å². The average Bonchev–Trinajstić information content (AvgIpc) is 2.06. The molecule has 1 heterocycles. The first-order chi connectivity index (χ1) is 5.70. The summed E-state index contributed by atoms with van der Waals surface area (Å²) in [5.74, 6) is -0.388. The Hall–Kier alpha value is -0.610. The van der Waals surface area contributed by atoms with E-state index in [0.717, 1.165) is 25.9 Å². The zero-order chi connectivity index (χ0) is 8.97. The molecule has 0 aromatic carbocycles. The van der Waals surface area contributed by atoms with Gasteiger partial charge in [0.15, 0.2) is 0 Å². The maximum absolute atomic E-state index is 10.6. The third-order valence-electron chi connectivity index (χ3n) is 2.05. The molecule has 1 rings (SSSR count). The molecule has 1 aliphatic rings. The van der Waals surface area contributed by atoms with Crippen molar-refractivity contribution in [3.05, 3.63) is 0 Å². The monoisotopic (exact) mass is 172 g/mol. The highest BCUT2D eigenvalue weighted by atomic mass is 16.5. The van der Waals surface area contributed by atoms with Crippen LogP contribution < -0.4 is 11.1 Å². The summed E-state index contributed by atoms with van der Waals surface area (Å²) in [7, 11) is 0. The Balaban J connectivity index is 2.24. The zero-order valence-corrected chi connectivity index (χ0v) is 7.38. The fraction of sp³-hybridized carbons (Fsp3) is 0.875. The third kappa shape index (κ3) is 2.79. The van der Waals surface area contributed by atoms with Gasteiger partial charge in [0.2, 0.25) is 5.91 Å². The van der Waals surface area contributed by atoms with Crippen molar-refractivity contribution < 1.29 is 9.53 Å². The SMILES string of the molecule is C[C@H](O[C@H]1CCCNC1)C(N)=O. The summed E-state index contributed by atoms with van der Waals surface area (Å²) in [4.78, 5) is 10.6. The first-order valence-electron chi connectivity index (χ1n) is 4.35.